The zero-order valence-corrected chi connectivity index (χ0v) is 22.1. The van der Waals surface area contributed by atoms with Crippen LogP contribution in [-0.2, 0) is 19.6 Å². The van der Waals surface area contributed by atoms with Gasteiger partial charge in [-0.2, -0.15) is 0 Å². The maximum atomic E-state index is 13.9. The van der Waals surface area contributed by atoms with Crippen molar-refractivity contribution in [1.82, 2.24) is 14.9 Å². The zero-order chi connectivity index (χ0) is 28.2. The molecule has 0 aliphatic carbocycles. The molecule has 5 aromatic rings. The van der Waals surface area contributed by atoms with Crippen LogP contribution in [0.15, 0.2) is 115 Å². The summed E-state index contributed by atoms with van der Waals surface area (Å²) in [5.41, 5.74) is 7.23. The number of hydrogen-bond donors (Lipinski definition) is 2. The van der Waals surface area contributed by atoms with Gasteiger partial charge >= 0.3 is 0 Å². The minimum Gasteiger partial charge on any atom is -0.411 e. The first-order valence-corrected chi connectivity index (χ1v) is 13.2. The number of carbonyl (C=O) groups is 2. The van der Waals surface area contributed by atoms with Crippen molar-refractivity contribution in [3.8, 4) is 11.1 Å². The monoisotopic (exact) mass is 541 g/mol. The number of benzene rings is 3. The summed E-state index contributed by atoms with van der Waals surface area (Å²) in [6.45, 7) is 1.17. The van der Waals surface area contributed by atoms with E-state index in [1.807, 2.05) is 102 Å². The third kappa shape index (κ3) is 5.23. The molecule has 0 saturated carbocycles. The standard InChI is InChI=1S/C33H27N5O3/c39-32(35-19-23-6-5-17-34-18-23)31-16-15-28-22-38(30-10-4-2-8-27(30)21-37(28)31)33(40)25-13-11-24(12-14-25)29-9-3-1-7-26(29)20-36-41/h1-18,20,41H,19,21-22H2,(H,35,39). The lowest BCUT2D eigenvalue weighted by atomic mass is 9.99. The van der Waals surface area contributed by atoms with Gasteiger partial charge in [0.05, 0.1) is 19.3 Å². The Kier molecular flexibility index (Phi) is 7.11. The summed E-state index contributed by atoms with van der Waals surface area (Å²) in [5.74, 6) is -0.314. The number of nitrogens with one attached hydrogen (secondary N) is 1. The number of amides is 2. The van der Waals surface area contributed by atoms with E-state index in [1.54, 1.807) is 17.3 Å². The van der Waals surface area contributed by atoms with Crippen molar-refractivity contribution in [1.29, 1.82) is 0 Å². The van der Waals surface area contributed by atoms with Gasteiger partial charge in [-0.25, -0.2) is 0 Å². The highest BCUT2D eigenvalue weighted by Crippen LogP contribution is 2.31. The minimum absolute atomic E-state index is 0.133. The van der Waals surface area contributed by atoms with Crippen LogP contribution < -0.4 is 10.2 Å². The van der Waals surface area contributed by atoms with E-state index in [9.17, 15) is 9.59 Å². The SMILES string of the molecule is O=C(NCc1cccnc1)c1ccc2n1Cc1ccccc1N(C(=O)c1ccc(-c3ccccc3C=NO)cc1)C2. The molecule has 0 unspecified atom stereocenters. The van der Waals surface area contributed by atoms with Gasteiger partial charge < -0.3 is 20.0 Å². The number of oxime groups is 1. The average Bonchev–Trinajstić information content (AvgIpc) is 3.33. The maximum absolute atomic E-state index is 13.9. The molecule has 2 N–H and O–H groups in total. The Morgan fingerprint density at radius 3 is 2.51 bits per heavy atom. The Morgan fingerprint density at radius 2 is 1.71 bits per heavy atom. The van der Waals surface area contributed by atoms with Crippen LogP contribution in [0.25, 0.3) is 11.1 Å². The predicted octanol–water partition coefficient (Wildman–Crippen LogP) is 5.50. The average molecular weight is 542 g/mol. The van der Waals surface area contributed by atoms with Crippen molar-refractivity contribution in [2.75, 3.05) is 4.90 Å². The summed E-state index contributed by atoms with van der Waals surface area (Å²) in [7, 11) is 0. The number of pyridine rings is 1. The Labute approximate surface area is 237 Å². The summed E-state index contributed by atoms with van der Waals surface area (Å²) in [4.78, 5) is 33.0. The predicted molar refractivity (Wildman–Crippen MR) is 157 cm³/mol. The van der Waals surface area contributed by atoms with Crippen molar-refractivity contribution in [3.63, 3.8) is 0 Å². The molecule has 1 aliphatic heterocycles. The number of rotatable bonds is 6. The largest absolute Gasteiger partial charge is 0.411 e. The number of hydrogen-bond acceptors (Lipinski definition) is 5. The number of aromatic nitrogens is 2. The van der Waals surface area contributed by atoms with Gasteiger partial charge in [-0.15, -0.1) is 0 Å². The summed E-state index contributed by atoms with van der Waals surface area (Å²) < 4.78 is 1.98. The molecule has 8 nitrogen and oxygen atoms in total. The molecular weight excluding hydrogens is 514 g/mol. The summed E-state index contributed by atoms with van der Waals surface area (Å²) in [5, 5.41) is 15.2. The molecule has 8 heteroatoms. The molecule has 0 radical (unpaired) electrons. The fourth-order valence-electron chi connectivity index (χ4n) is 5.20. The molecule has 0 saturated heterocycles. The Bertz CT molecular complexity index is 1740. The van der Waals surface area contributed by atoms with E-state index in [0.29, 0.717) is 30.9 Å². The Hall–Kier alpha value is -5.50. The van der Waals surface area contributed by atoms with Crippen molar-refractivity contribution in [2.24, 2.45) is 5.16 Å². The number of anilines is 1. The van der Waals surface area contributed by atoms with E-state index >= 15 is 0 Å². The van der Waals surface area contributed by atoms with E-state index in [-0.39, 0.29) is 11.8 Å². The Morgan fingerprint density at radius 1 is 0.902 bits per heavy atom. The molecule has 0 fully saturated rings. The quantitative estimate of drug-likeness (QED) is 0.169. The fraction of sp³-hybridized carbons (Fsp3) is 0.0909. The lowest BCUT2D eigenvalue weighted by molar-refractivity contribution is 0.0941. The van der Waals surface area contributed by atoms with Crippen molar-refractivity contribution >= 4 is 23.7 Å². The van der Waals surface area contributed by atoms with Crippen LogP contribution in [0.2, 0.25) is 0 Å². The molecule has 2 amide bonds. The van der Waals surface area contributed by atoms with Crippen LogP contribution in [-0.4, -0.2) is 32.8 Å². The molecule has 41 heavy (non-hydrogen) atoms. The van der Waals surface area contributed by atoms with Gasteiger partial charge in [-0.1, -0.05) is 65.8 Å². The van der Waals surface area contributed by atoms with Gasteiger partial charge in [-0.05, 0) is 58.7 Å². The third-order valence-electron chi connectivity index (χ3n) is 7.26. The molecule has 202 valence electrons. The van der Waals surface area contributed by atoms with Crippen LogP contribution in [0.4, 0.5) is 5.69 Å². The first-order valence-electron chi connectivity index (χ1n) is 13.2. The minimum atomic E-state index is -0.181. The number of para-hydroxylation sites is 1. The van der Waals surface area contributed by atoms with Crippen LogP contribution in [0.3, 0.4) is 0 Å². The highest BCUT2D eigenvalue weighted by molar-refractivity contribution is 6.07. The normalized spacial score (nSPS) is 12.4. The van der Waals surface area contributed by atoms with Crippen LogP contribution >= 0.6 is 0 Å². The topological polar surface area (TPSA) is 99.8 Å². The van der Waals surface area contributed by atoms with Crippen LogP contribution in [0.1, 0.15) is 43.2 Å². The van der Waals surface area contributed by atoms with Crippen molar-refractivity contribution in [3.05, 3.63) is 143 Å². The molecule has 0 spiro atoms. The second-order valence-electron chi connectivity index (χ2n) is 9.77. The van der Waals surface area contributed by atoms with Gasteiger partial charge in [0, 0.05) is 41.4 Å². The van der Waals surface area contributed by atoms with Gasteiger partial charge in [-0.3, -0.25) is 14.6 Å². The van der Waals surface area contributed by atoms with Crippen molar-refractivity contribution in [2.45, 2.75) is 19.6 Å². The molecular formula is C33H27N5O3. The summed E-state index contributed by atoms with van der Waals surface area (Å²) in [6.07, 6.45) is 4.82. The maximum Gasteiger partial charge on any atom is 0.268 e. The van der Waals surface area contributed by atoms with Gasteiger partial charge in [0.2, 0.25) is 0 Å². The summed E-state index contributed by atoms with van der Waals surface area (Å²) >= 11 is 0. The lowest BCUT2D eigenvalue weighted by Gasteiger charge is -2.23. The Balaban J connectivity index is 1.28. The van der Waals surface area contributed by atoms with E-state index in [1.165, 1.54) is 6.21 Å². The second-order valence-corrected chi connectivity index (χ2v) is 9.77. The molecule has 3 aromatic carbocycles. The molecule has 3 heterocycles. The van der Waals surface area contributed by atoms with Crippen LogP contribution in [0.5, 0.6) is 0 Å². The highest BCUT2D eigenvalue weighted by atomic mass is 16.4. The van der Waals surface area contributed by atoms with Crippen LogP contribution in [0, 0.1) is 0 Å². The van der Waals surface area contributed by atoms with Gasteiger partial charge in [0.15, 0.2) is 0 Å². The van der Waals surface area contributed by atoms with E-state index in [2.05, 4.69) is 15.5 Å². The highest BCUT2D eigenvalue weighted by Gasteiger charge is 2.27. The fourth-order valence-corrected chi connectivity index (χ4v) is 5.20. The summed E-state index contributed by atoms with van der Waals surface area (Å²) in [6, 6.07) is 30.3. The third-order valence-corrected chi connectivity index (χ3v) is 7.26. The number of fused-ring (bicyclic) bond motifs is 2. The first-order chi connectivity index (χ1) is 20.1. The second kappa shape index (κ2) is 11.3. The smallest absolute Gasteiger partial charge is 0.268 e. The zero-order valence-electron chi connectivity index (χ0n) is 22.1. The number of nitrogens with zero attached hydrogens (tertiary/aromatic N) is 4. The van der Waals surface area contributed by atoms with E-state index < -0.39 is 0 Å². The number of carbonyl (C=O) groups excluding carboxylic acids is 2. The molecule has 0 bridgehead atoms. The van der Waals surface area contributed by atoms with Gasteiger partial charge in [0.1, 0.15) is 5.69 Å². The first kappa shape index (κ1) is 25.8. The molecule has 0 atom stereocenters. The lowest BCUT2D eigenvalue weighted by Crippen LogP contribution is -2.30. The molecule has 2 aromatic heterocycles. The van der Waals surface area contributed by atoms with Gasteiger partial charge in [0.25, 0.3) is 11.8 Å². The van der Waals surface area contributed by atoms with E-state index in [0.717, 1.165) is 39.2 Å². The molecule has 1 aliphatic rings. The molecule has 6 rings (SSSR count). The van der Waals surface area contributed by atoms with Crippen molar-refractivity contribution < 1.29 is 14.8 Å². The van der Waals surface area contributed by atoms with E-state index in [4.69, 9.17) is 5.21 Å².